The summed E-state index contributed by atoms with van der Waals surface area (Å²) in [5.74, 6) is -0.319. The van der Waals surface area contributed by atoms with E-state index in [0.29, 0.717) is 5.56 Å². The lowest BCUT2D eigenvalue weighted by atomic mass is 9.72. The van der Waals surface area contributed by atoms with Gasteiger partial charge in [-0.25, -0.2) is 14.1 Å². The lowest BCUT2D eigenvalue weighted by molar-refractivity contribution is -0.0805. The zero-order valence-electron chi connectivity index (χ0n) is 11.3. The molecule has 1 heterocycles. The monoisotopic (exact) mass is 263 g/mol. The fourth-order valence-corrected chi connectivity index (χ4v) is 2.04. The van der Waals surface area contributed by atoms with E-state index in [1.165, 1.54) is 18.5 Å². The van der Waals surface area contributed by atoms with Crippen molar-refractivity contribution in [3.05, 3.63) is 48.3 Å². The van der Waals surface area contributed by atoms with Gasteiger partial charge in [0, 0.05) is 0 Å². The number of rotatable bonds is 3. The SMILES string of the molecule is CC(C)(C)C(O)(Cn1cncn1)c1ccc(F)cc1. The first kappa shape index (κ1) is 13.7. The standard InChI is InChI=1S/C14H18FN3O/c1-13(2,3)14(19,8-18-10-16-9-17-18)11-4-6-12(15)7-5-11/h4-7,9-10,19H,8H2,1-3H3. The van der Waals surface area contributed by atoms with Crippen molar-refractivity contribution in [1.29, 1.82) is 0 Å². The number of aliphatic hydroxyl groups is 1. The third kappa shape index (κ3) is 2.66. The number of nitrogens with zero attached hydrogens (tertiary/aromatic N) is 3. The van der Waals surface area contributed by atoms with E-state index in [0.717, 1.165) is 0 Å². The quantitative estimate of drug-likeness (QED) is 0.924. The van der Waals surface area contributed by atoms with Crippen molar-refractivity contribution in [3.63, 3.8) is 0 Å². The van der Waals surface area contributed by atoms with Crippen LogP contribution in [0.5, 0.6) is 0 Å². The molecule has 102 valence electrons. The second kappa shape index (κ2) is 4.74. The second-order valence-electron chi connectivity index (χ2n) is 5.71. The Morgan fingerprint density at radius 2 is 1.84 bits per heavy atom. The van der Waals surface area contributed by atoms with E-state index in [1.807, 2.05) is 20.8 Å². The molecule has 19 heavy (non-hydrogen) atoms. The third-order valence-electron chi connectivity index (χ3n) is 3.42. The average molecular weight is 263 g/mol. The van der Waals surface area contributed by atoms with Gasteiger partial charge in [0.05, 0.1) is 6.54 Å². The highest BCUT2D eigenvalue weighted by Gasteiger charge is 2.42. The largest absolute Gasteiger partial charge is 0.383 e. The molecule has 0 spiro atoms. The van der Waals surface area contributed by atoms with E-state index in [2.05, 4.69) is 10.1 Å². The molecule has 0 radical (unpaired) electrons. The van der Waals surface area contributed by atoms with Gasteiger partial charge in [-0.3, -0.25) is 0 Å². The predicted octanol–water partition coefficient (Wildman–Crippen LogP) is 2.35. The summed E-state index contributed by atoms with van der Waals surface area (Å²) in [6.07, 6.45) is 2.98. The van der Waals surface area contributed by atoms with Crippen LogP contribution in [-0.4, -0.2) is 19.9 Å². The lowest BCUT2D eigenvalue weighted by Crippen LogP contribution is -2.44. The molecule has 2 aromatic rings. The van der Waals surface area contributed by atoms with Crippen LogP contribution < -0.4 is 0 Å². The van der Waals surface area contributed by atoms with Crippen molar-refractivity contribution in [3.8, 4) is 0 Å². The van der Waals surface area contributed by atoms with Gasteiger partial charge in [0.15, 0.2) is 0 Å². The molecule has 1 atom stereocenters. The highest BCUT2D eigenvalue weighted by Crippen LogP contribution is 2.40. The molecule has 0 fully saturated rings. The maximum Gasteiger partial charge on any atom is 0.137 e. The minimum absolute atomic E-state index is 0.266. The maximum absolute atomic E-state index is 13.0. The van der Waals surface area contributed by atoms with Gasteiger partial charge < -0.3 is 5.11 Å². The molecule has 0 amide bonds. The van der Waals surface area contributed by atoms with Gasteiger partial charge in [-0.05, 0) is 23.1 Å². The first-order valence-electron chi connectivity index (χ1n) is 6.14. The van der Waals surface area contributed by atoms with Crippen LogP contribution in [0.1, 0.15) is 26.3 Å². The molecule has 0 bridgehead atoms. The predicted molar refractivity (Wildman–Crippen MR) is 69.8 cm³/mol. The van der Waals surface area contributed by atoms with Crippen LogP contribution in [0, 0.1) is 11.2 Å². The van der Waals surface area contributed by atoms with E-state index >= 15 is 0 Å². The Morgan fingerprint density at radius 3 is 2.32 bits per heavy atom. The molecule has 0 aliphatic carbocycles. The zero-order chi connectivity index (χ0) is 14.1. The topological polar surface area (TPSA) is 50.9 Å². The highest BCUT2D eigenvalue weighted by molar-refractivity contribution is 5.25. The van der Waals surface area contributed by atoms with Crippen LogP contribution in [0.15, 0.2) is 36.9 Å². The Hall–Kier alpha value is -1.75. The summed E-state index contributed by atoms with van der Waals surface area (Å²) in [4.78, 5) is 3.88. The molecule has 0 aliphatic rings. The molecule has 2 rings (SSSR count). The molecule has 1 N–H and O–H groups in total. The number of halogens is 1. The van der Waals surface area contributed by atoms with Gasteiger partial charge in [-0.15, -0.1) is 0 Å². The van der Waals surface area contributed by atoms with E-state index < -0.39 is 11.0 Å². The van der Waals surface area contributed by atoms with Gasteiger partial charge in [0.1, 0.15) is 24.1 Å². The van der Waals surface area contributed by atoms with Gasteiger partial charge >= 0.3 is 0 Å². The summed E-state index contributed by atoms with van der Waals surface area (Å²) >= 11 is 0. The van der Waals surface area contributed by atoms with E-state index in [-0.39, 0.29) is 12.4 Å². The smallest absolute Gasteiger partial charge is 0.137 e. The number of aromatic nitrogens is 3. The molecule has 4 nitrogen and oxygen atoms in total. The van der Waals surface area contributed by atoms with Crippen LogP contribution in [0.3, 0.4) is 0 Å². The number of hydrogen-bond acceptors (Lipinski definition) is 3. The van der Waals surface area contributed by atoms with Crippen molar-refractivity contribution in [2.45, 2.75) is 32.9 Å². The minimum Gasteiger partial charge on any atom is -0.383 e. The maximum atomic E-state index is 13.0. The van der Waals surface area contributed by atoms with Crippen LogP contribution in [0.2, 0.25) is 0 Å². The second-order valence-corrected chi connectivity index (χ2v) is 5.71. The lowest BCUT2D eigenvalue weighted by Gasteiger charge is -2.40. The molecule has 0 saturated heterocycles. The minimum atomic E-state index is -1.16. The van der Waals surface area contributed by atoms with Gasteiger partial charge in [-0.2, -0.15) is 5.10 Å². The van der Waals surface area contributed by atoms with Crippen molar-refractivity contribution in [1.82, 2.24) is 14.8 Å². The Bertz CT molecular complexity index is 531. The van der Waals surface area contributed by atoms with E-state index in [4.69, 9.17) is 0 Å². The highest BCUT2D eigenvalue weighted by atomic mass is 19.1. The Morgan fingerprint density at radius 1 is 1.21 bits per heavy atom. The summed E-state index contributed by atoms with van der Waals surface area (Å²) in [7, 11) is 0. The molecule has 1 unspecified atom stereocenters. The van der Waals surface area contributed by atoms with E-state index in [1.54, 1.807) is 23.1 Å². The van der Waals surface area contributed by atoms with Gasteiger partial charge in [0.2, 0.25) is 0 Å². The summed E-state index contributed by atoms with van der Waals surface area (Å²) in [6, 6.07) is 5.93. The Kier molecular flexibility index (Phi) is 3.41. The summed E-state index contributed by atoms with van der Waals surface area (Å²) < 4.78 is 14.6. The molecule has 0 saturated carbocycles. The van der Waals surface area contributed by atoms with Crippen molar-refractivity contribution >= 4 is 0 Å². The first-order chi connectivity index (χ1) is 8.83. The summed E-state index contributed by atoms with van der Waals surface area (Å²) in [5, 5.41) is 15.1. The fraction of sp³-hybridized carbons (Fsp3) is 0.429. The normalized spacial score (nSPS) is 15.2. The third-order valence-corrected chi connectivity index (χ3v) is 3.42. The van der Waals surface area contributed by atoms with Crippen LogP contribution in [-0.2, 0) is 12.1 Å². The van der Waals surface area contributed by atoms with E-state index in [9.17, 15) is 9.50 Å². The van der Waals surface area contributed by atoms with Crippen molar-refractivity contribution in [2.75, 3.05) is 0 Å². The average Bonchev–Trinajstić information content (AvgIpc) is 2.81. The van der Waals surface area contributed by atoms with Gasteiger partial charge in [0.25, 0.3) is 0 Å². The molecular formula is C14H18FN3O. The molecular weight excluding hydrogens is 245 g/mol. The summed E-state index contributed by atoms with van der Waals surface area (Å²) in [6.45, 7) is 6.08. The van der Waals surface area contributed by atoms with Crippen molar-refractivity contribution in [2.24, 2.45) is 5.41 Å². The fourth-order valence-electron chi connectivity index (χ4n) is 2.04. The van der Waals surface area contributed by atoms with Crippen LogP contribution in [0.25, 0.3) is 0 Å². The van der Waals surface area contributed by atoms with Crippen molar-refractivity contribution < 1.29 is 9.50 Å². The first-order valence-corrected chi connectivity index (χ1v) is 6.14. The molecule has 0 aliphatic heterocycles. The Balaban J connectivity index is 2.43. The molecule has 5 heteroatoms. The van der Waals surface area contributed by atoms with Gasteiger partial charge in [-0.1, -0.05) is 32.9 Å². The molecule has 1 aromatic heterocycles. The molecule has 1 aromatic carbocycles. The number of hydrogen-bond donors (Lipinski definition) is 1. The Labute approximate surface area is 111 Å². The zero-order valence-corrected chi connectivity index (χ0v) is 11.3. The van der Waals surface area contributed by atoms with Crippen LogP contribution >= 0.6 is 0 Å². The van der Waals surface area contributed by atoms with Crippen LogP contribution in [0.4, 0.5) is 4.39 Å². The number of benzene rings is 1. The summed E-state index contributed by atoms with van der Waals surface area (Å²) in [5.41, 5.74) is -0.928.